The molecule has 0 saturated heterocycles. The highest BCUT2D eigenvalue weighted by atomic mass is 32.2. The minimum Gasteiger partial charge on any atom is -0.481 e. The molecule has 84 valence electrons. The van der Waals surface area contributed by atoms with E-state index in [1.54, 1.807) is 6.92 Å². The fourth-order valence-electron chi connectivity index (χ4n) is 0.712. The summed E-state index contributed by atoms with van der Waals surface area (Å²) in [5.74, 6) is -0.824. The molecule has 0 fully saturated rings. The first-order chi connectivity index (χ1) is 6.31. The van der Waals surface area contributed by atoms with E-state index in [9.17, 15) is 18.0 Å². The van der Waals surface area contributed by atoms with E-state index in [1.807, 2.05) is 0 Å². The molecule has 0 aromatic heterocycles. The van der Waals surface area contributed by atoms with Crippen molar-refractivity contribution in [1.82, 2.24) is 0 Å². The van der Waals surface area contributed by atoms with Crippen LogP contribution in [0.3, 0.4) is 0 Å². The van der Waals surface area contributed by atoms with Crippen molar-refractivity contribution in [2.45, 2.75) is 25.0 Å². The van der Waals surface area contributed by atoms with Gasteiger partial charge in [0.1, 0.15) is 0 Å². The Morgan fingerprint density at radius 1 is 1.57 bits per heavy atom. The van der Waals surface area contributed by atoms with E-state index >= 15 is 0 Å². The van der Waals surface area contributed by atoms with Gasteiger partial charge in [0.15, 0.2) is 0 Å². The van der Waals surface area contributed by atoms with E-state index < -0.39 is 18.9 Å². The minimum absolute atomic E-state index is 0.0588. The number of aliphatic carboxylic acids is 1. The van der Waals surface area contributed by atoms with Crippen LogP contribution in [0.15, 0.2) is 0 Å². The summed E-state index contributed by atoms with van der Waals surface area (Å²) < 4.78 is 37.9. The fraction of sp³-hybridized carbons (Fsp3) is 0.857. The summed E-state index contributed by atoms with van der Waals surface area (Å²) in [7, 11) is 0. The van der Waals surface area contributed by atoms with Crippen LogP contribution < -0.4 is 0 Å². The summed E-state index contributed by atoms with van der Waals surface area (Å²) in [4.78, 5) is 10.2. The van der Waals surface area contributed by atoms with Crippen LogP contribution in [0.4, 0.5) is 13.2 Å². The molecule has 7 heteroatoms. The van der Waals surface area contributed by atoms with Crippen LogP contribution in [0.2, 0.25) is 0 Å². The Hall–Kier alpha value is -0.430. The molecule has 0 bridgehead atoms. The van der Waals surface area contributed by atoms with Gasteiger partial charge in [-0.3, -0.25) is 9.53 Å². The predicted octanol–water partition coefficient (Wildman–Crippen LogP) is 2.12. The summed E-state index contributed by atoms with van der Waals surface area (Å²) in [6.45, 7) is 1.20. The molecule has 0 amide bonds. The van der Waals surface area contributed by atoms with Crippen molar-refractivity contribution >= 4 is 17.7 Å². The van der Waals surface area contributed by atoms with E-state index in [0.29, 0.717) is 0 Å². The van der Waals surface area contributed by atoms with Crippen molar-refractivity contribution < 1.29 is 27.8 Å². The van der Waals surface area contributed by atoms with Crippen molar-refractivity contribution in [3.8, 4) is 0 Å². The van der Waals surface area contributed by atoms with Crippen molar-refractivity contribution in [3.63, 3.8) is 0 Å². The number of carbonyl (C=O) groups is 1. The first-order valence-electron chi connectivity index (χ1n) is 3.85. The third-order valence-electron chi connectivity index (χ3n) is 1.21. The number of carboxylic acids is 1. The number of rotatable bonds is 6. The van der Waals surface area contributed by atoms with Gasteiger partial charge in [0, 0.05) is 11.0 Å². The van der Waals surface area contributed by atoms with Gasteiger partial charge in [-0.25, -0.2) is 0 Å². The van der Waals surface area contributed by atoms with Gasteiger partial charge in [0.05, 0.1) is 13.0 Å². The minimum atomic E-state index is -4.60. The van der Waals surface area contributed by atoms with Gasteiger partial charge in [-0.05, 0) is 0 Å². The van der Waals surface area contributed by atoms with Crippen molar-refractivity contribution in [3.05, 3.63) is 0 Å². The van der Waals surface area contributed by atoms with Crippen molar-refractivity contribution in [1.29, 1.82) is 0 Å². The Morgan fingerprint density at radius 2 is 2.14 bits per heavy atom. The largest absolute Gasteiger partial charge is 0.522 e. The lowest BCUT2D eigenvalue weighted by Gasteiger charge is -2.09. The number of halogens is 3. The molecule has 0 radical (unpaired) electrons. The van der Waals surface area contributed by atoms with Gasteiger partial charge >= 0.3 is 12.3 Å². The second-order valence-electron chi connectivity index (χ2n) is 2.57. The van der Waals surface area contributed by atoms with Crippen LogP contribution in [-0.2, 0) is 9.53 Å². The first kappa shape index (κ1) is 13.6. The first-order valence-corrected chi connectivity index (χ1v) is 4.90. The Balaban J connectivity index is 3.41. The fourth-order valence-corrected chi connectivity index (χ4v) is 1.55. The molecule has 14 heavy (non-hydrogen) atoms. The zero-order valence-corrected chi connectivity index (χ0v) is 8.32. The van der Waals surface area contributed by atoms with Crippen LogP contribution in [0.1, 0.15) is 13.3 Å². The summed E-state index contributed by atoms with van der Waals surface area (Å²) in [5, 5.41) is 8.14. The van der Waals surface area contributed by atoms with Gasteiger partial charge in [-0.1, -0.05) is 6.92 Å². The van der Waals surface area contributed by atoms with E-state index in [4.69, 9.17) is 5.11 Å². The molecule has 1 atom stereocenters. The number of ether oxygens (including phenoxy) is 1. The summed E-state index contributed by atoms with van der Waals surface area (Å²) in [5.41, 5.74) is 0. The molecule has 0 spiro atoms. The van der Waals surface area contributed by atoms with E-state index in [-0.39, 0.29) is 17.4 Å². The zero-order valence-electron chi connectivity index (χ0n) is 7.50. The number of hydrogen-bond acceptors (Lipinski definition) is 3. The van der Waals surface area contributed by atoms with Gasteiger partial charge in [-0.15, -0.1) is 13.2 Å². The molecule has 1 unspecified atom stereocenters. The molecular formula is C7H11F3O3S. The van der Waals surface area contributed by atoms with Gasteiger partial charge in [0.2, 0.25) is 0 Å². The maximum Gasteiger partial charge on any atom is 0.522 e. The molecule has 0 aromatic carbocycles. The second-order valence-corrected chi connectivity index (χ2v) is 4.12. The lowest BCUT2D eigenvalue weighted by atomic mass is 10.3. The van der Waals surface area contributed by atoms with Crippen LogP contribution >= 0.6 is 11.8 Å². The SMILES string of the molecule is CC(CC(=O)O)SCCOC(F)(F)F. The highest BCUT2D eigenvalue weighted by Gasteiger charge is 2.28. The number of carboxylic acid groups (broad SMARTS) is 1. The van der Waals surface area contributed by atoms with Crippen molar-refractivity contribution in [2.75, 3.05) is 12.4 Å². The summed E-state index contributed by atoms with van der Waals surface area (Å²) in [6.07, 6.45) is -4.66. The molecule has 0 saturated carbocycles. The maximum absolute atomic E-state index is 11.5. The molecule has 0 heterocycles. The molecule has 0 aliphatic carbocycles. The lowest BCUT2D eigenvalue weighted by Crippen LogP contribution is -2.16. The number of hydrogen-bond donors (Lipinski definition) is 1. The average Bonchev–Trinajstić information content (AvgIpc) is 1.95. The van der Waals surface area contributed by atoms with Gasteiger partial charge in [0.25, 0.3) is 0 Å². The number of alkyl halides is 3. The lowest BCUT2D eigenvalue weighted by molar-refractivity contribution is -0.322. The molecule has 0 aliphatic rings. The Kier molecular flexibility index (Phi) is 5.94. The third kappa shape index (κ3) is 9.66. The Labute approximate surface area is 83.6 Å². The Morgan fingerprint density at radius 3 is 2.57 bits per heavy atom. The summed E-state index contributed by atoms with van der Waals surface area (Å²) >= 11 is 1.14. The Bertz CT molecular complexity index is 184. The quantitative estimate of drug-likeness (QED) is 0.712. The average molecular weight is 232 g/mol. The molecule has 1 N–H and O–H groups in total. The molecule has 0 aliphatic heterocycles. The zero-order chi connectivity index (χ0) is 11.2. The predicted molar refractivity (Wildman–Crippen MR) is 46.2 cm³/mol. The normalized spacial score (nSPS) is 14.0. The number of thioether (sulfide) groups is 1. The monoisotopic (exact) mass is 232 g/mol. The standard InChI is InChI=1S/C7H11F3O3S/c1-5(4-6(11)12)14-3-2-13-7(8,9)10/h5H,2-4H2,1H3,(H,11,12). The molecule has 0 aromatic rings. The van der Waals surface area contributed by atoms with Crippen molar-refractivity contribution in [2.24, 2.45) is 0 Å². The molecule has 3 nitrogen and oxygen atoms in total. The smallest absolute Gasteiger partial charge is 0.481 e. The van der Waals surface area contributed by atoms with E-state index in [2.05, 4.69) is 4.74 Å². The molecular weight excluding hydrogens is 221 g/mol. The van der Waals surface area contributed by atoms with Crippen LogP contribution in [0.25, 0.3) is 0 Å². The van der Waals surface area contributed by atoms with Gasteiger partial charge < -0.3 is 5.11 Å². The van der Waals surface area contributed by atoms with Gasteiger partial charge in [-0.2, -0.15) is 11.8 Å². The van der Waals surface area contributed by atoms with E-state index in [1.165, 1.54) is 0 Å². The highest BCUT2D eigenvalue weighted by molar-refractivity contribution is 7.99. The van der Waals surface area contributed by atoms with Crippen LogP contribution in [-0.4, -0.2) is 35.0 Å². The highest BCUT2D eigenvalue weighted by Crippen LogP contribution is 2.18. The maximum atomic E-state index is 11.5. The second kappa shape index (κ2) is 6.13. The molecule has 0 rings (SSSR count). The third-order valence-corrected chi connectivity index (χ3v) is 2.35. The van der Waals surface area contributed by atoms with E-state index in [0.717, 1.165) is 11.8 Å². The van der Waals surface area contributed by atoms with Crippen LogP contribution in [0, 0.1) is 0 Å². The topological polar surface area (TPSA) is 46.5 Å². The van der Waals surface area contributed by atoms with Crippen LogP contribution in [0.5, 0.6) is 0 Å². The summed E-state index contributed by atoms with van der Waals surface area (Å²) in [6, 6.07) is 0.